The molecule has 1 aromatic rings. The van der Waals surface area contributed by atoms with Gasteiger partial charge in [0, 0.05) is 24.7 Å². The summed E-state index contributed by atoms with van der Waals surface area (Å²) in [7, 11) is -3.21. The highest BCUT2D eigenvalue weighted by Crippen LogP contribution is 2.35. The maximum atomic E-state index is 12.1. The van der Waals surface area contributed by atoms with Crippen LogP contribution in [0.25, 0.3) is 0 Å². The van der Waals surface area contributed by atoms with Crippen molar-refractivity contribution in [2.45, 2.75) is 25.8 Å². The normalized spacial score (nSPS) is 17.1. The van der Waals surface area contributed by atoms with E-state index >= 15 is 0 Å². The zero-order valence-electron chi connectivity index (χ0n) is 12.7. The first-order valence-corrected chi connectivity index (χ1v) is 8.89. The standard InChI is InChI=1S/C14H20N2O6S/c1-2-23(21,22)16-5-3-10(4-6-16)15-14(20)9-7-11(17)13(19)12(18)8-9/h7-8,10,17-19H,2-6H2,1H3,(H,15,20). The van der Waals surface area contributed by atoms with Gasteiger partial charge in [-0.15, -0.1) is 0 Å². The first kappa shape index (κ1) is 17.4. The lowest BCUT2D eigenvalue weighted by Gasteiger charge is -2.31. The quantitative estimate of drug-likeness (QED) is 0.584. The molecule has 1 aliphatic heterocycles. The minimum atomic E-state index is -3.21. The van der Waals surface area contributed by atoms with Crippen molar-refractivity contribution in [3.8, 4) is 17.2 Å². The van der Waals surface area contributed by atoms with Gasteiger partial charge in [0.1, 0.15) is 0 Å². The van der Waals surface area contributed by atoms with E-state index in [0.717, 1.165) is 12.1 Å². The number of phenols is 3. The van der Waals surface area contributed by atoms with E-state index in [1.54, 1.807) is 6.92 Å². The monoisotopic (exact) mass is 344 g/mol. The van der Waals surface area contributed by atoms with Crippen LogP contribution in [0.15, 0.2) is 12.1 Å². The van der Waals surface area contributed by atoms with Gasteiger partial charge in [0.05, 0.1) is 5.75 Å². The zero-order valence-corrected chi connectivity index (χ0v) is 13.5. The van der Waals surface area contributed by atoms with E-state index in [4.69, 9.17) is 0 Å². The summed E-state index contributed by atoms with van der Waals surface area (Å²) < 4.78 is 25.0. The molecule has 8 nitrogen and oxygen atoms in total. The summed E-state index contributed by atoms with van der Waals surface area (Å²) in [6.45, 7) is 2.27. The third-order valence-corrected chi connectivity index (χ3v) is 5.76. The number of hydrogen-bond donors (Lipinski definition) is 4. The molecule has 0 unspecified atom stereocenters. The number of aromatic hydroxyl groups is 3. The van der Waals surface area contributed by atoms with Gasteiger partial charge >= 0.3 is 0 Å². The second-order valence-corrected chi connectivity index (χ2v) is 7.67. The fourth-order valence-corrected chi connectivity index (χ4v) is 3.60. The number of nitrogens with zero attached hydrogens (tertiary/aromatic N) is 1. The molecular weight excluding hydrogens is 324 g/mol. The molecule has 0 aromatic heterocycles. The molecule has 0 bridgehead atoms. The minimum Gasteiger partial charge on any atom is -0.504 e. The topological polar surface area (TPSA) is 127 Å². The summed E-state index contributed by atoms with van der Waals surface area (Å²) >= 11 is 0. The van der Waals surface area contributed by atoms with Crippen molar-refractivity contribution < 1.29 is 28.5 Å². The fourth-order valence-electron chi connectivity index (χ4n) is 2.46. The number of benzene rings is 1. The Kier molecular flexibility index (Phi) is 5.00. The molecule has 0 radical (unpaired) electrons. The third-order valence-electron chi connectivity index (χ3n) is 3.88. The fraction of sp³-hybridized carbons (Fsp3) is 0.500. The minimum absolute atomic E-state index is 0.0152. The number of carbonyl (C=O) groups excluding carboxylic acids is 1. The molecule has 0 aliphatic carbocycles. The van der Waals surface area contributed by atoms with Gasteiger partial charge in [0.15, 0.2) is 17.2 Å². The molecule has 0 saturated carbocycles. The average molecular weight is 344 g/mol. The lowest BCUT2D eigenvalue weighted by atomic mass is 10.1. The largest absolute Gasteiger partial charge is 0.504 e. The highest BCUT2D eigenvalue weighted by atomic mass is 32.2. The molecule has 9 heteroatoms. The number of carbonyl (C=O) groups is 1. The van der Waals surface area contributed by atoms with Crippen LogP contribution in [0.3, 0.4) is 0 Å². The molecule has 0 spiro atoms. The summed E-state index contributed by atoms with van der Waals surface area (Å²) in [6, 6.07) is 1.92. The Bertz CT molecular complexity index is 672. The molecule has 0 atom stereocenters. The summed E-state index contributed by atoms with van der Waals surface area (Å²) in [5, 5.41) is 30.9. The van der Waals surface area contributed by atoms with Crippen LogP contribution in [-0.2, 0) is 10.0 Å². The Morgan fingerprint density at radius 1 is 1.22 bits per heavy atom. The summed E-state index contributed by atoms with van der Waals surface area (Å²) in [5.74, 6) is -2.30. The van der Waals surface area contributed by atoms with Crippen LogP contribution < -0.4 is 5.32 Å². The van der Waals surface area contributed by atoms with Crippen LogP contribution >= 0.6 is 0 Å². The van der Waals surface area contributed by atoms with Crippen molar-refractivity contribution >= 4 is 15.9 Å². The van der Waals surface area contributed by atoms with Gasteiger partial charge in [-0.2, -0.15) is 0 Å². The highest BCUT2D eigenvalue weighted by molar-refractivity contribution is 7.89. The molecule has 2 rings (SSSR count). The Labute approximate surface area is 134 Å². The average Bonchev–Trinajstić information content (AvgIpc) is 2.52. The van der Waals surface area contributed by atoms with Gasteiger partial charge in [0.2, 0.25) is 10.0 Å². The van der Waals surface area contributed by atoms with Crippen molar-refractivity contribution in [2.75, 3.05) is 18.8 Å². The van der Waals surface area contributed by atoms with Crippen LogP contribution in [0.1, 0.15) is 30.1 Å². The SMILES string of the molecule is CCS(=O)(=O)N1CCC(NC(=O)c2cc(O)c(O)c(O)c2)CC1. The molecule has 1 saturated heterocycles. The molecule has 1 aromatic carbocycles. The summed E-state index contributed by atoms with van der Waals surface area (Å²) in [4.78, 5) is 12.1. The van der Waals surface area contributed by atoms with E-state index in [0.29, 0.717) is 25.9 Å². The second-order valence-electron chi connectivity index (χ2n) is 5.41. The molecule has 128 valence electrons. The van der Waals surface area contributed by atoms with Gasteiger partial charge in [-0.05, 0) is 31.9 Å². The van der Waals surface area contributed by atoms with E-state index in [2.05, 4.69) is 5.32 Å². The lowest BCUT2D eigenvalue weighted by Crippen LogP contribution is -2.46. The van der Waals surface area contributed by atoms with E-state index in [9.17, 15) is 28.5 Å². The maximum absolute atomic E-state index is 12.1. The number of sulfonamides is 1. The maximum Gasteiger partial charge on any atom is 0.251 e. The second kappa shape index (κ2) is 6.63. The number of amides is 1. The number of rotatable bonds is 4. The molecule has 4 N–H and O–H groups in total. The number of nitrogens with one attached hydrogen (secondary N) is 1. The van der Waals surface area contributed by atoms with Gasteiger partial charge in [0.25, 0.3) is 5.91 Å². The number of phenolic OH excluding ortho intramolecular Hbond substituents is 3. The van der Waals surface area contributed by atoms with Gasteiger partial charge in [-0.25, -0.2) is 12.7 Å². The van der Waals surface area contributed by atoms with E-state index in [-0.39, 0.29) is 17.4 Å². The Balaban J connectivity index is 1.98. The van der Waals surface area contributed by atoms with Crippen molar-refractivity contribution in [3.63, 3.8) is 0 Å². The summed E-state index contributed by atoms with van der Waals surface area (Å²) in [6.07, 6.45) is 0.974. The number of piperidine rings is 1. The van der Waals surface area contributed by atoms with E-state index in [1.807, 2.05) is 0 Å². The van der Waals surface area contributed by atoms with Crippen molar-refractivity contribution in [3.05, 3.63) is 17.7 Å². The van der Waals surface area contributed by atoms with Gasteiger partial charge in [-0.3, -0.25) is 4.79 Å². The third kappa shape index (κ3) is 3.85. The van der Waals surface area contributed by atoms with Crippen LogP contribution in [-0.4, -0.2) is 58.8 Å². The first-order valence-electron chi connectivity index (χ1n) is 7.28. The molecular formula is C14H20N2O6S. The lowest BCUT2D eigenvalue weighted by molar-refractivity contribution is 0.0923. The molecule has 1 amide bonds. The Hall–Kier alpha value is -2.00. The molecule has 1 heterocycles. The predicted molar refractivity (Wildman–Crippen MR) is 83.0 cm³/mol. The van der Waals surface area contributed by atoms with Crippen LogP contribution in [0.2, 0.25) is 0 Å². The van der Waals surface area contributed by atoms with Crippen molar-refractivity contribution in [1.82, 2.24) is 9.62 Å². The van der Waals surface area contributed by atoms with E-state index in [1.165, 1.54) is 4.31 Å². The van der Waals surface area contributed by atoms with Crippen LogP contribution in [0, 0.1) is 0 Å². The molecule has 1 fully saturated rings. The zero-order chi connectivity index (χ0) is 17.2. The van der Waals surface area contributed by atoms with Crippen LogP contribution in [0.4, 0.5) is 0 Å². The van der Waals surface area contributed by atoms with Gasteiger partial charge in [-0.1, -0.05) is 0 Å². The highest BCUT2D eigenvalue weighted by Gasteiger charge is 2.27. The van der Waals surface area contributed by atoms with Crippen molar-refractivity contribution in [2.24, 2.45) is 0 Å². The molecule has 1 aliphatic rings. The smallest absolute Gasteiger partial charge is 0.251 e. The Morgan fingerprint density at radius 3 is 2.22 bits per heavy atom. The van der Waals surface area contributed by atoms with E-state index < -0.39 is 33.2 Å². The first-order chi connectivity index (χ1) is 10.7. The van der Waals surface area contributed by atoms with Crippen molar-refractivity contribution in [1.29, 1.82) is 0 Å². The Morgan fingerprint density at radius 2 is 1.74 bits per heavy atom. The number of hydrogen-bond acceptors (Lipinski definition) is 6. The predicted octanol–water partition coefficient (Wildman–Crippen LogP) is 0.347. The molecule has 23 heavy (non-hydrogen) atoms. The summed E-state index contributed by atoms with van der Waals surface area (Å²) in [5.41, 5.74) is 0.0152. The van der Waals surface area contributed by atoms with Crippen LogP contribution in [0.5, 0.6) is 17.2 Å². The van der Waals surface area contributed by atoms with Gasteiger partial charge < -0.3 is 20.6 Å².